The fraction of sp³-hybridized carbons (Fsp3) is 0.130. The third-order valence-corrected chi connectivity index (χ3v) is 5.96. The van der Waals surface area contributed by atoms with Crippen molar-refractivity contribution in [3.63, 3.8) is 0 Å². The summed E-state index contributed by atoms with van der Waals surface area (Å²) in [5.74, 6) is -0.155. The maximum Gasteiger partial charge on any atom is 0.172 e. The molecule has 0 saturated carbocycles. The Bertz CT molecular complexity index is 1380. The van der Waals surface area contributed by atoms with Crippen LogP contribution in [0.25, 0.3) is 43.6 Å². The Morgan fingerprint density at radius 2 is 1.11 bits per heavy atom. The molecule has 2 N–H and O–H groups in total. The van der Waals surface area contributed by atoms with Crippen molar-refractivity contribution in [1.82, 2.24) is 9.97 Å². The zero-order chi connectivity index (χ0) is 18.4. The van der Waals surface area contributed by atoms with E-state index >= 15 is 0 Å². The summed E-state index contributed by atoms with van der Waals surface area (Å²) in [5.41, 5.74) is 7.26. The molecule has 0 amide bonds. The number of para-hydroxylation sites is 2. The molecule has 4 nitrogen and oxygen atoms in total. The maximum atomic E-state index is 12.8. The summed E-state index contributed by atoms with van der Waals surface area (Å²) in [5, 5.41) is 3.75. The van der Waals surface area contributed by atoms with E-state index in [4.69, 9.17) is 0 Å². The largest absolute Gasteiger partial charge is 0.353 e. The molecule has 2 heterocycles. The third-order valence-electron chi connectivity index (χ3n) is 5.96. The van der Waals surface area contributed by atoms with E-state index in [0.29, 0.717) is 11.1 Å². The van der Waals surface area contributed by atoms with Crippen molar-refractivity contribution in [3.8, 4) is 0 Å². The van der Waals surface area contributed by atoms with Crippen molar-refractivity contribution in [2.75, 3.05) is 0 Å². The van der Waals surface area contributed by atoms with Gasteiger partial charge in [0.1, 0.15) is 0 Å². The molecule has 0 saturated heterocycles. The van der Waals surface area contributed by atoms with E-state index in [1.807, 2.05) is 24.3 Å². The maximum absolute atomic E-state index is 12.8. The molecule has 0 fully saturated rings. The molecular formula is C23H16N2O2. The van der Waals surface area contributed by atoms with Gasteiger partial charge in [-0.1, -0.05) is 36.4 Å². The molecule has 0 radical (unpaired) electrons. The molecule has 27 heavy (non-hydrogen) atoms. The minimum absolute atomic E-state index is 0.0411. The molecule has 0 unspecified atom stereocenters. The second-order valence-electron chi connectivity index (χ2n) is 7.52. The quantitative estimate of drug-likeness (QED) is 0.369. The summed E-state index contributed by atoms with van der Waals surface area (Å²) in [6.07, 6.45) is -0.0411. The molecule has 0 bridgehead atoms. The summed E-state index contributed by atoms with van der Waals surface area (Å²) in [6, 6.07) is 12.2. The Morgan fingerprint density at radius 3 is 1.56 bits per heavy atom. The van der Waals surface area contributed by atoms with Crippen molar-refractivity contribution in [3.05, 3.63) is 58.7 Å². The fourth-order valence-electron chi connectivity index (χ4n) is 4.75. The molecule has 0 spiro atoms. The number of ketones is 2. The number of aromatic nitrogens is 2. The van der Waals surface area contributed by atoms with E-state index < -0.39 is 0 Å². The van der Waals surface area contributed by atoms with Gasteiger partial charge in [-0.2, -0.15) is 0 Å². The van der Waals surface area contributed by atoms with Crippen molar-refractivity contribution in [2.45, 2.75) is 20.3 Å². The first-order valence-electron chi connectivity index (χ1n) is 9.10. The van der Waals surface area contributed by atoms with Crippen LogP contribution >= 0.6 is 0 Å². The number of carbonyl (C=O) groups is 2. The second kappa shape index (κ2) is 4.65. The van der Waals surface area contributed by atoms with E-state index in [9.17, 15) is 9.59 Å². The lowest BCUT2D eigenvalue weighted by Gasteiger charge is -2.04. The van der Waals surface area contributed by atoms with Gasteiger partial charge in [-0.25, -0.2) is 0 Å². The number of hydrogen-bond donors (Lipinski definition) is 2. The van der Waals surface area contributed by atoms with Crippen molar-refractivity contribution in [1.29, 1.82) is 0 Å². The summed E-state index contributed by atoms with van der Waals surface area (Å²) < 4.78 is 0. The highest BCUT2D eigenvalue weighted by Gasteiger charge is 2.35. The van der Waals surface area contributed by atoms with Gasteiger partial charge in [0, 0.05) is 43.7 Å². The topological polar surface area (TPSA) is 65.7 Å². The normalized spacial score (nSPS) is 14.3. The minimum Gasteiger partial charge on any atom is -0.353 e. The van der Waals surface area contributed by atoms with Crippen LogP contribution in [0.15, 0.2) is 36.4 Å². The van der Waals surface area contributed by atoms with Crippen molar-refractivity contribution in [2.24, 2.45) is 0 Å². The van der Waals surface area contributed by atoms with Gasteiger partial charge in [-0.15, -0.1) is 0 Å². The fourth-order valence-corrected chi connectivity index (χ4v) is 4.75. The Morgan fingerprint density at radius 1 is 0.667 bits per heavy atom. The zero-order valence-corrected chi connectivity index (χ0v) is 15.0. The molecule has 0 aliphatic heterocycles. The Balaban J connectivity index is 2.03. The monoisotopic (exact) mass is 352 g/mol. The minimum atomic E-state index is -0.0775. The molecule has 1 aliphatic carbocycles. The lowest BCUT2D eigenvalue weighted by atomic mass is 9.96. The van der Waals surface area contributed by atoms with Gasteiger partial charge in [-0.05, 0) is 25.0 Å². The molecule has 2 aromatic heterocycles. The number of carbonyl (C=O) groups excluding carboxylic acids is 2. The van der Waals surface area contributed by atoms with Crippen LogP contribution in [0.5, 0.6) is 0 Å². The van der Waals surface area contributed by atoms with Gasteiger partial charge in [0.15, 0.2) is 11.6 Å². The predicted octanol–water partition coefficient (Wildman–Crippen LogP) is 5.34. The first kappa shape index (κ1) is 14.7. The predicted molar refractivity (Wildman–Crippen MR) is 108 cm³/mol. The summed E-state index contributed by atoms with van der Waals surface area (Å²) in [7, 11) is 0. The van der Waals surface area contributed by atoms with Crippen molar-refractivity contribution >= 4 is 55.2 Å². The van der Waals surface area contributed by atoms with Crippen molar-refractivity contribution < 1.29 is 9.59 Å². The smallest absolute Gasteiger partial charge is 0.172 e. The number of H-pyrrole nitrogens is 2. The van der Waals surface area contributed by atoms with Gasteiger partial charge in [-0.3, -0.25) is 9.59 Å². The number of nitrogens with one attached hydrogen (secondary N) is 2. The number of aromatic amines is 2. The molecule has 4 heteroatoms. The molecule has 1 aliphatic rings. The number of hydrogen-bond acceptors (Lipinski definition) is 2. The molecule has 6 rings (SSSR count). The Kier molecular flexibility index (Phi) is 2.54. The van der Waals surface area contributed by atoms with Crippen LogP contribution in [-0.4, -0.2) is 21.5 Å². The van der Waals surface area contributed by atoms with Crippen LogP contribution in [-0.2, 0) is 0 Å². The van der Waals surface area contributed by atoms with Crippen LogP contribution in [0.2, 0.25) is 0 Å². The first-order valence-corrected chi connectivity index (χ1v) is 9.10. The number of aryl methyl sites for hydroxylation is 2. The highest BCUT2D eigenvalue weighted by atomic mass is 16.2. The van der Waals surface area contributed by atoms with Gasteiger partial charge in [0.25, 0.3) is 0 Å². The molecule has 130 valence electrons. The highest BCUT2D eigenvalue weighted by Crippen LogP contribution is 2.44. The van der Waals surface area contributed by atoms with E-state index in [1.54, 1.807) is 0 Å². The van der Waals surface area contributed by atoms with E-state index in [0.717, 1.165) is 54.7 Å². The molecule has 5 aromatic rings. The van der Waals surface area contributed by atoms with Gasteiger partial charge in [0.2, 0.25) is 0 Å². The van der Waals surface area contributed by atoms with E-state index in [2.05, 4.69) is 35.9 Å². The van der Waals surface area contributed by atoms with Gasteiger partial charge in [0.05, 0.1) is 17.5 Å². The van der Waals surface area contributed by atoms with Gasteiger partial charge < -0.3 is 9.97 Å². The Labute approximate surface area is 154 Å². The number of rotatable bonds is 0. The van der Waals surface area contributed by atoms with Crippen LogP contribution in [0.4, 0.5) is 0 Å². The van der Waals surface area contributed by atoms with Crippen LogP contribution < -0.4 is 0 Å². The average Bonchev–Trinajstić information content (AvgIpc) is 3.28. The average molecular weight is 352 g/mol. The van der Waals surface area contributed by atoms with Crippen LogP contribution in [0.3, 0.4) is 0 Å². The highest BCUT2D eigenvalue weighted by molar-refractivity contribution is 6.40. The van der Waals surface area contributed by atoms with Gasteiger partial charge >= 0.3 is 0 Å². The number of Topliss-reactive ketones (excluding diaryl/α,β-unsaturated/α-hetero) is 2. The summed E-state index contributed by atoms with van der Waals surface area (Å²) in [4.78, 5) is 32.8. The molecular weight excluding hydrogens is 336 g/mol. The lowest BCUT2D eigenvalue weighted by molar-refractivity contribution is 0.0924. The number of benzene rings is 3. The first-order chi connectivity index (χ1) is 13.1. The molecule has 0 atom stereocenters. The van der Waals surface area contributed by atoms with E-state index in [1.165, 1.54) is 0 Å². The van der Waals surface area contributed by atoms with E-state index in [-0.39, 0.29) is 18.0 Å². The zero-order valence-electron chi connectivity index (χ0n) is 15.0. The Hall–Kier alpha value is -3.40. The third kappa shape index (κ3) is 1.63. The number of fused-ring (bicyclic) bond motifs is 10. The van der Waals surface area contributed by atoms with Crippen LogP contribution in [0.1, 0.15) is 38.3 Å². The van der Waals surface area contributed by atoms with Crippen LogP contribution in [0, 0.1) is 13.8 Å². The lowest BCUT2D eigenvalue weighted by Crippen LogP contribution is -1.94. The second-order valence-corrected chi connectivity index (χ2v) is 7.52. The summed E-state index contributed by atoms with van der Waals surface area (Å²) >= 11 is 0. The SMILES string of the molecule is Cc1cccc2c1[nH]c1c3[nH]c4c(C)cccc4c3c3c(c21)C(=O)CC3=O. The summed E-state index contributed by atoms with van der Waals surface area (Å²) in [6.45, 7) is 4.11. The standard InChI is InChI=1S/C23H16N2O2/c1-10-5-3-7-12-16-18-14(26)9-15(27)19(18)17-13-8-4-6-11(2)21(13)25-23(17)22(16)24-20(10)12/h3-8,24-25H,9H2,1-2H3. The molecule has 3 aromatic carbocycles.